The quantitative estimate of drug-likeness (QED) is 0.841. The molecule has 0 unspecified atom stereocenters. The summed E-state index contributed by atoms with van der Waals surface area (Å²) in [5.41, 5.74) is 3.67. The van der Waals surface area contributed by atoms with Crippen LogP contribution in [0.15, 0.2) is 18.2 Å². The van der Waals surface area contributed by atoms with E-state index in [0.29, 0.717) is 23.7 Å². The molecule has 2 aliphatic heterocycles. The van der Waals surface area contributed by atoms with Gasteiger partial charge >= 0.3 is 0 Å². The van der Waals surface area contributed by atoms with E-state index in [1.54, 1.807) is 12.1 Å². The molecule has 1 fully saturated rings. The van der Waals surface area contributed by atoms with Crippen LogP contribution in [0.25, 0.3) is 0 Å². The highest BCUT2D eigenvalue weighted by Crippen LogP contribution is 2.32. The van der Waals surface area contributed by atoms with E-state index in [0.717, 1.165) is 41.6 Å². The fraction of sp³-hybridized carbons (Fsp3) is 0.389. The first-order valence-corrected chi connectivity index (χ1v) is 8.57. The van der Waals surface area contributed by atoms with Crippen molar-refractivity contribution in [1.29, 1.82) is 0 Å². The monoisotopic (exact) mass is 342 g/mol. The lowest BCUT2D eigenvalue weighted by atomic mass is 10.1. The standard InChI is InChI=1S/C18H19ClN4O/c1-11-8-13(19)4-5-14(11)18(24)23-9-15-16(10-23)20-12(2)21-17(15)22-6-3-7-22/h4-5,8H,3,6-7,9-10H2,1-2H3. The van der Waals surface area contributed by atoms with E-state index in [1.807, 2.05) is 24.8 Å². The van der Waals surface area contributed by atoms with Gasteiger partial charge in [-0.15, -0.1) is 0 Å². The van der Waals surface area contributed by atoms with Crippen molar-refractivity contribution in [2.45, 2.75) is 33.4 Å². The average Bonchev–Trinajstić information content (AvgIpc) is 2.88. The number of carbonyl (C=O) groups excluding carboxylic acids is 1. The van der Waals surface area contributed by atoms with Crippen LogP contribution in [-0.4, -0.2) is 33.9 Å². The highest BCUT2D eigenvalue weighted by atomic mass is 35.5. The summed E-state index contributed by atoms with van der Waals surface area (Å²) in [5, 5.41) is 0.648. The number of hydrogen-bond donors (Lipinski definition) is 0. The molecule has 0 bridgehead atoms. The molecule has 3 heterocycles. The maximum absolute atomic E-state index is 12.9. The maximum atomic E-state index is 12.9. The number of carbonyl (C=O) groups is 1. The van der Waals surface area contributed by atoms with Crippen molar-refractivity contribution >= 4 is 23.3 Å². The van der Waals surface area contributed by atoms with Gasteiger partial charge in [0.15, 0.2) is 0 Å². The van der Waals surface area contributed by atoms with Gasteiger partial charge in [-0.2, -0.15) is 0 Å². The third kappa shape index (κ3) is 2.53. The van der Waals surface area contributed by atoms with Crippen LogP contribution in [0.1, 0.15) is 39.4 Å². The van der Waals surface area contributed by atoms with Crippen LogP contribution >= 0.6 is 11.6 Å². The van der Waals surface area contributed by atoms with Crippen molar-refractivity contribution in [2.75, 3.05) is 18.0 Å². The molecule has 4 rings (SSSR count). The first kappa shape index (κ1) is 15.4. The maximum Gasteiger partial charge on any atom is 0.254 e. The van der Waals surface area contributed by atoms with Gasteiger partial charge in [-0.25, -0.2) is 9.97 Å². The number of benzene rings is 1. The zero-order chi connectivity index (χ0) is 16.8. The highest BCUT2D eigenvalue weighted by Gasteiger charge is 2.32. The van der Waals surface area contributed by atoms with E-state index in [1.165, 1.54) is 6.42 Å². The van der Waals surface area contributed by atoms with Crippen molar-refractivity contribution in [3.63, 3.8) is 0 Å². The fourth-order valence-corrected chi connectivity index (χ4v) is 3.56. The van der Waals surface area contributed by atoms with Gasteiger partial charge in [0.05, 0.1) is 18.8 Å². The SMILES string of the molecule is Cc1nc2c(c(N3CCC3)n1)CN(C(=O)c1ccc(Cl)cc1C)C2. The van der Waals surface area contributed by atoms with Gasteiger partial charge < -0.3 is 9.80 Å². The van der Waals surface area contributed by atoms with Crippen molar-refractivity contribution < 1.29 is 4.79 Å². The van der Waals surface area contributed by atoms with Gasteiger partial charge in [-0.3, -0.25) is 4.79 Å². The fourth-order valence-electron chi connectivity index (χ4n) is 3.33. The second kappa shape index (κ2) is 5.74. The molecule has 0 atom stereocenters. The third-order valence-corrected chi connectivity index (χ3v) is 4.97. The summed E-state index contributed by atoms with van der Waals surface area (Å²) < 4.78 is 0. The molecule has 5 nitrogen and oxygen atoms in total. The molecule has 0 radical (unpaired) electrons. The van der Waals surface area contributed by atoms with E-state index >= 15 is 0 Å². The first-order valence-electron chi connectivity index (χ1n) is 8.19. The Morgan fingerprint density at radius 1 is 1.17 bits per heavy atom. The average molecular weight is 343 g/mol. The van der Waals surface area contributed by atoms with Crippen LogP contribution in [0.4, 0.5) is 5.82 Å². The smallest absolute Gasteiger partial charge is 0.254 e. The topological polar surface area (TPSA) is 49.3 Å². The van der Waals surface area contributed by atoms with Gasteiger partial charge in [0.2, 0.25) is 0 Å². The number of fused-ring (bicyclic) bond motifs is 1. The van der Waals surface area contributed by atoms with E-state index in [-0.39, 0.29) is 5.91 Å². The lowest BCUT2D eigenvalue weighted by molar-refractivity contribution is 0.0749. The van der Waals surface area contributed by atoms with Crippen molar-refractivity contribution in [3.8, 4) is 0 Å². The normalized spacial score (nSPS) is 16.1. The molecular weight excluding hydrogens is 324 g/mol. The van der Waals surface area contributed by atoms with Gasteiger partial charge in [0.1, 0.15) is 11.6 Å². The predicted octanol–water partition coefficient (Wildman–Crippen LogP) is 3.11. The molecule has 1 aromatic heterocycles. The van der Waals surface area contributed by atoms with Crippen molar-refractivity contribution in [2.24, 2.45) is 0 Å². The van der Waals surface area contributed by atoms with Gasteiger partial charge in [-0.05, 0) is 44.0 Å². The Labute approximate surface area is 146 Å². The van der Waals surface area contributed by atoms with Gasteiger partial charge in [0, 0.05) is 29.2 Å². The molecule has 0 N–H and O–H groups in total. The molecule has 0 spiro atoms. The summed E-state index contributed by atoms with van der Waals surface area (Å²) in [4.78, 5) is 26.2. The predicted molar refractivity (Wildman–Crippen MR) is 93.4 cm³/mol. The molecule has 1 aromatic carbocycles. The summed E-state index contributed by atoms with van der Waals surface area (Å²) in [5.74, 6) is 1.80. The third-order valence-electron chi connectivity index (χ3n) is 4.73. The largest absolute Gasteiger partial charge is 0.356 e. The number of nitrogens with zero attached hydrogens (tertiary/aromatic N) is 4. The van der Waals surface area contributed by atoms with Crippen molar-refractivity contribution in [1.82, 2.24) is 14.9 Å². The van der Waals surface area contributed by atoms with E-state index in [4.69, 9.17) is 11.6 Å². The molecule has 0 saturated carbocycles. The molecule has 2 aliphatic rings. The molecule has 6 heteroatoms. The van der Waals surface area contributed by atoms with Crippen LogP contribution < -0.4 is 4.90 Å². The van der Waals surface area contributed by atoms with Crippen LogP contribution in [0.5, 0.6) is 0 Å². The molecule has 1 amide bonds. The summed E-state index contributed by atoms with van der Waals surface area (Å²) in [6, 6.07) is 5.39. The lowest BCUT2D eigenvalue weighted by Crippen LogP contribution is -2.38. The number of rotatable bonds is 2. The Hall–Kier alpha value is -2.14. The Morgan fingerprint density at radius 2 is 1.96 bits per heavy atom. The van der Waals surface area contributed by atoms with Gasteiger partial charge in [-0.1, -0.05) is 11.6 Å². The zero-order valence-corrected chi connectivity index (χ0v) is 14.6. The minimum absolute atomic E-state index is 0.0226. The van der Waals surface area contributed by atoms with E-state index in [9.17, 15) is 4.79 Å². The molecule has 24 heavy (non-hydrogen) atoms. The molecule has 124 valence electrons. The van der Waals surface area contributed by atoms with E-state index < -0.39 is 0 Å². The van der Waals surface area contributed by atoms with Crippen LogP contribution in [0.2, 0.25) is 5.02 Å². The highest BCUT2D eigenvalue weighted by molar-refractivity contribution is 6.30. The van der Waals surface area contributed by atoms with Crippen LogP contribution in [0.3, 0.4) is 0 Å². The lowest BCUT2D eigenvalue weighted by Gasteiger charge is -2.33. The summed E-state index contributed by atoms with van der Waals surface area (Å²) in [6.07, 6.45) is 1.20. The second-order valence-corrected chi connectivity index (χ2v) is 6.92. The molecule has 1 saturated heterocycles. The van der Waals surface area contributed by atoms with Gasteiger partial charge in [0.25, 0.3) is 5.91 Å². The molecule has 2 aromatic rings. The number of aromatic nitrogens is 2. The van der Waals surface area contributed by atoms with Crippen molar-refractivity contribution in [3.05, 3.63) is 51.4 Å². The zero-order valence-electron chi connectivity index (χ0n) is 13.8. The first-order chi connectivity index (χ1) is 11.5. The second-order valence-electron chi connectivity index (χ2n) is 6.48. The van der Waals surface area contributed by atoms with Crippen LogP contribution in [-0.2, 0) is 13.1 Å². The number of anilines is 1. The summed E-state index contributed by atoms with van der Waals surface area (Å²) in [7, 11) is 0. The minimum atomic E-state index is 0.0226. The molecular formula is C18H19ClN4O. The Balaban J connectivity index is 1.64. The summed E-state index contributed by atoms with van der Waals surface area (Å²) in [6.45, 7) is 7.01. The Morgan fingerprint density at radius 3 is 2.62 bits per heavy atom. The minimum Gasteiger partial charge on any atom is -0.356 e. The van der Waals surface area contributed by atoms with Crippen LogP contribution in [0, 0.1) is 13.8 Å². The Bertz CT molecular complexity index is 832. The number of hydrogen-bond acceptors (Lipinski definition) is 4. The number of aryl methyl sites for hydroxylation is 2. The number of halogens is 1. The van der Waals surface area contributed by atoms with E-state index in [2.05, 4.69) is 14.9 Å². The number of amides is 1. The summed E-state index contributed by atoms with van der Waals surface area (Å²) >= 11 is 6.00. The Kier molecular flexibility index (Phi) is 3.68. The molecule has 0 aliphatic carbocycles.